The van der Waals surface area contributed by atoms with Gasteiger partial charge in [-0.3, -0.25) is 14.9 Å². The molecule has 0 bridgehead atoms. The Bertz CT molecular complexity index is 577. The fourth-order valence-corrected chi connectivity index (χ4v) is 2.69. The van der Waals surface area contributed by atoms with E-state index >= 15 is 0 Å². The van der Waals surface area contributed by atoms with Crippen LogP contribution in [0.2, 0.25) is 0 Å². The first-order chi connectivity index (χ1) is 12.2. The summed E-state index contributed by atoms with van der Waals surface area (Å²) in [5, 5.41) is 53.2. The quantitative estimate of drug-likeness (QED) is 0.186. The van der Waals surface area contributed by atoms with Gasteiger partial charge < -0.3 is 35.2 Å². The Hall–Kier alpha value is -1.86. The summed E-state index contributed by atoms with van der Waals surface area (Å²) in [6.45, 7) is 4.65. The molecule has 5 N–H and O–H groups in total. The Kier molecular flexibility index (Phi) is 7.24. The minimum atomic E-state index is -2.80. The number of ether oxygens (including phenoxy) is 2. The number of nitrogens with one attached hydrogen (secondary N) is 1. The van der Waals surface area contributed by atoms with Crippen LogP contribution in [-0.2, 0) is 19.1 Å². The molecule has 0 aromatic rings. The number of nitrogens with zero attached hydrogens (tertiary/aromatic N) is 1. The zero-order valence-electron chi connectivity index (χ0n) is 15.5. The molecule has 0 saturated carbocycles. The number of carbonyl (C=O) groups is 2. The number of rotatable bonds is 6. The van der Waals surface area contributed by atoms with Gasteiger partial charge in [-0.15, -0.1) is 0 Å². The third kappa shape index (κ3) is 5.81. The van der Waals surface area contributed by atoms with Gasteiger partial charge in [0.25, 0.3) is 5.79 Å². The van der Waals surface area contributed by atoms with Crippen molar-refractivity contribution in [1.82, 2.24) is 5.32 Å². The number of carbonyl (C=O) groups excluding carboxylic acids is 2. The Morgan fingerprint density at radius 1 is 1.41 bits per heavy atom. The van der Waals surface area contributed by atoms with Crippen LogP contribution in [0.25, 0.3) is 0 Å². The maximum atomic E-state index is 12.3. The molecule has 1 unspecified atom stereocenters. The predicted octanol–water partition coefficient (Wildman–Crippen LogP) is -2.33. The van der Waals surface area contributed by atoms with Crippen LogP contribution in [0, 0.1) is 10.1 Å². The molecule has 0 radical (unpaired) electrons. The molecule has 27 heavy (non-hydrogen) atoms. The average Bonchev–Trinajstić information content (AvgIpc) is 2.52. The van der Waals surface area contributed by atoms with Crippen molar-refractivity contribution >= 4 is 11.9 Å². The first kappa shape index (κ1) is 23.2. The molecule has 12 nitrogen and oxygen atoms in total. The van der Waals surface area contributed by atoms with Crippen molar-refractivity contribution < 1.29 is 44.4 Å². The van der Waals surface area contributed by atoms with Crippen LogP contribution in [0.1, 0.15) is 34.1 Å². The minimum absolute atomic E-state index is 0.700. The van der Waals surface area contributed by atoms with Gasteiger partial charge in [0.05, 0.1) is 13.0 Å². The molecule has 6 atom stereocenters. The summed E-state index contributed by atoms with van der Waals surface area (Å²) >= 11 is 0. The predicted molar refractivity (Wildman–Crippen MR) is 87.8 cm³/mol. The van der Waals surface area contributed by atoms with Crippen molar-refractivity contribution in [1.29, 1.82) is 0 Å². The van der Waals surface area contributed by atoms with Crippen molar-refractivity contribution in [2.24, 2.45) is 0 Å². The Labute approximate surface area is 155 Å². The topological polar surface area (TPSA) is 189 Å². The van der Waals surface area contributed by atoms with E-state index in [9.17, 15) is 35.0 Å². The number of nitro groups is 1. The molecule has 0 aliphatic carbocycles. The normalized spacial score (nSPS) is 30.9. The molecule has 1 amide bonds. The molecule has 1 fully saturated rings. The van der Waals surface area contributed by atoms with Gasteiger partial charge in [0.2, 0.25) is 11.9 Å². The number of esters is 1. The van der Waals surface area contributed by atoms with E-state index in [4.69, 9.17) is 14.6 Å². The molecule has 1 heterocycles. The third-order valence-electron chi connectivity index (χ3n) is 3.86. The van der Waals surface area contributed by atoms with Gasteiger partial charge in [-0.2, -0.15) is 0 Å². The Balaban J connectivity index is 3.32. The highest BCUT2D eigenvalue weighted by Gasteiger charge is 2.59. The van der Waals surface area contributed by atoms with E-state index in [-0.39, 0.29) is 0 Å². The average molecular weight is 394 g/mol. The summed E-state index contributed by atoms with van der Waals surface area (Å²) in [7, 11) is 0. The third-order valence-corrected chi connectivity index (χ3v) is 3.86. The number of aliphatic hydroxyl groups is 4. The Morgan fingerprint density at radius 2 is 1.96 bits per heavy atom. The summed E-state index contributed by atoms with van der Waals surface area (Å²) in [5.41, 5.74) is -1.05. The van der Waals surface area contributed by atoms with E-state index < -0.39 is 71.6 Å². The molecular weight excluding hydrogens is 368 g/mol. The SMILES string of the molecule is CC(=O)N[C@H]1C([C@H](O)[C@H](O)CO)O[C@](O)(C(=O)OC(C)(C)C)C[C@H]1[N+](=O)[O-]. The number of hydrogen-bond acceptors (Lipinski definition) is 10. The second-order valence-electron chi connectivity index (χ2n) is 7.39. The van der Waals surface area contributed by atoms with Gasteiger partial charge in [-0.05, 0) is 20.8 Å². The van der Waals surface area contributed by atoms with Gasteiger partial charge in [-0.25, -0.2) is 4.79 Å². The minimum Gasteiger partial charge on any atom is -0.456 e. The highest BCUT2D eigenvalue weighted by atomic mass is 16.7. The summed E-state index contributed by atoms with van der Waals surface area (Å²) < 4.78 is 10.2. The zero-order chi connectivity index (χ0) is 21.2. The summed E-state index contributed by atoms with van der Waals surface area (Å²) in [5.74, 6) is -4.83. The molecule has 1 rings (SSSR count). The Morgan fingerprint density at radius 3 is 2.37 bits per heavy atom. The lowest BCUT2D eigenvalue weighted by molar-refractivity contribution is -0.545. The smallest absolute Gasteiger partial charge is 0.367 e. The second kappa shape index (κ2) is 8.44. The van der Waals surface area contributed by atoms with Gasteiger partial charge in [0.15, 0.2) is 0 Å². The number of amides is 1. The number of aliphatic hydroxyl groups excluding tert-OH is 3. The van der Waals surface area contributed by atoms with Crippen LogP contribution in [-0.4, -0.2) is 85.6 Å². The van der Waals surface area contributed by atoms with Gasteiger partial charge in [0.1, 0.15) is 30.0 Å². The lowest BCUT2D eigenvalue weighted by Gasteiger charge is -2.44. The van der Waals surface area contributed by atoms with Crippen LogP contribution < -0.4 is 5.32 Å². The first-order valence-electron chi connectivity index (χ1n) is 8.23. The fourth-order valence-electron chi connectivity index (χ4n) is 2.69. The summed E-state index contributed by atoms with van der Waals surface area (Å²) in [6, 6.07) is -3.23. The van der Waals surface area contributed by atoms with Gasteiger partial charge >= 0.3 is 5.97 Å². The van der Waals surface area contributed by atoms with Crippen molar-refractivity contribution in [3.63, 3.8) is 0 Å². The van der Waals surface area contributed by atoms with E-state index in [1.165, 1.54) is 20.8 Å². The van der Waals surface area contributed by atoms with E-state index in [0.717, 1.165) is 6.92 Å². The molecular formula is C15H26N2O10. The molecule has 12 heteroatoms. The van der Waals surface area contributed by atoms with Crippen LogP contribution in [0.3, 0.4) is 0 Å². The van der Waals surface area contributed by atoms with E-state index in [0.29, 0.717) is 0 Å². The highest BCUT2D eigenvalue weighted by molar-refractivity contribution is 5.78. The molecule has 156 valence electrons. The van der Waals surface area contributed by atoms with E-state index in [1.807, 2.05) is 0 Å². The lowest BCUT2D eigenvalue weighted by Crippen LogP contribution is -2.69. The number of hydrogen-bond donors (Lipinski definition) is 5. The molecule has 1 aliphatic rings. The first-order valence-corrected chi connectivity index (χ1v) is 8.23. The molecule has 0 aromatic carbocycles. The van der Waals surface area contributed by atoms with E-state index in [2.05, 4.69) is 5.32 Å². The second-order valence-corrected chi connectivity index (χ2v) is 7.39. The summed E-state index contributed by atoms with van der Waals surface area (Å²) in [4.78, 5) is 34.4. The summed E-state index contributed by atoms with van der Waals surface area (Å²) in [6.07, 6.45) is -6.40. The molecule has 1 saturated heterocycles. The van der Waals surface area contributed by atoms with Gasteiger partial charge in [0, 0.05) is 11.8 Å². The largest absolute Gasteiger partial charge is 0.456 e. The maximum absolute atomic E-state index is 12.3. The van der Waals surface area contributed by atoms with Crippen LogP contribution in [0.15, 0.2) is 0 Å². The van der Waals surface area contributed by atoms with E-state index in [1.54, 1.807) is 0 Å². The maximum Gasteiger partial charge on any atom is 0.367 e. The molecule has 0 spiro atoms. The van der Waals surface area contributed by atoms with Crippen molar-refractivity contribution in [3.8, 4) is 0 Å². The van der Waals surface area contributed by atoms with Crippen molar-refractivity contribution in [3.05, 3.63) is 10.1 Å². The fraction of sp³-hybridized carbons (Fsp3) is 0.867. The standard InChI is InChI=1S/C15H26N2O10/c1-7(19)16-10-8(17(24)25)5-15(23,13(22)27-14(2,3)4)26-12(10)11(21)9(20)6-18/h8-12,18,20-21,23H,5-6H2,1-4H3,(H,16,19)/t8-,9-,10-,11-,12?,15+/m1/s1. The van der Waals surface area contributed by atoms with Crippen LogP contribution >= 0.6 is 0 Å². The zero-order valence-corrected chi connectivity index (χ0v) is 15.5. The van der Waals surface area contributed by atoms with Crippen LogP contribution in [0.5, 0.6) is 0 Å². The molecule has 1 aliphatic heterocycles. The molecule has 0 aromatic heterocycles. The lowest BCUT2D eigenvalue weighted by atomic mass is 9.87. The van der Waals surface area contributed by atoms with Crippen molar-refractivity contribution in [2.75, 3.05) is 6.61 Å². The van der Waals surface area contributed by atoms with Crippen molar-refractivity contribution in [2.45, 2.75) is 75.9 Å². The van der Waals surface area contributed by atoms with Crippen LogP contribution in [0.4, 0.5) is 0 Å². The monoisotopic (exact) mass is 394 g/mol. The highest BCUT2D eigenvalue weighted by Crippen LogP contribution is 2.33. The van der Waals surface area contributed by atoms with Gasteiger partial charge in [-0.1, -0.05) is 0 Å².